The summed E-state index contributed by atoms with van der Waals surface area (Å²) in [5.74, 6) is -1.53. The minimum atomic E-state index is -4.53. The molecule has 3 aromatic rings. The molecule has 53 heavy (non-hydrogen) atoms. The molecule has 0 aliphatic heterocycles. The van der Waals surface area contributed by atoms with Gasteiger partial charge in [-0.05, 0) is 36.2 Å². The number of benzene rings is 2. The van der Waals surface area contributed by atoms with Crippen LogP contribution in [0.2, 0.25) is 0 Å². The average Bonchev–Trinajstić information content (AvgIpc) is 3.13. The summed E-state index contributed by atoms with van der Waals surface area (Å²) in [5.41, 5.74) is 29.9. The maximum Gasteiger partial charge on any atom is 0.416 e. The predicted octanol–water partition coefficient (Wildman–Crippen LogP) is 0.294. The number of carbonyl (C=O) groups excluding carboxylic acids is 3. The molecule has 0 radical (unpaired) electrons. The molecule has 17 heteroatoms. The van der Waals surface area contributed by atoms with E-state index in [4.69, 9.17) is 28.7 Å². The number of halogens is 3. The first-order chi connectivity index (χ1) is 25.4. The number of para-hydroxylation sites is 1. The molecule has 12 N–H and O–H groups in total. The Kier molecular flexibility index (Phi) is 18.0. The SMILES string of the molecule is NCCN(CCN)CCN(CCN(CCN)CCN)C(=O)CCC(N)C(=O)NC(Cc1ccc(C(F)(F)F)cc1)C(=O)Nc1cnc2ccccc2c1. The van der Waals surface area contributed by atoms with Crippen LogP contribution in [0.25, 0.3) is 10.9 Å². The van der Waals surface area contributed by atoms with Crippen LogP contribution in [-0.4, -0.2) is 128 Å². The number of pyridine rings is 1. The molecule has 0 saturated carbocycles. The van der Waals surface area contributed by atoms with E-state index in [0.717, 1.165) is 17.5 Å². The highest BCUT2D eigenvalue weighted by Crippen LogP contribution is 2.29. The normalized spacial score (nSPS) is 12.9. The van der Waals surface area contributed by atoms with Crippen molar-refractivity contribution in [3.63, 3.8) is 0 Å². The summed E-state index contributed by atoms with van der Waals surface area (Å²) < 4.78 is 39.6. The molecule has 1 heterocycles. The lowest BCUT2D eigenvalue weighted by Gasteiger charge is -2.30. The zero-order valence-electron chi connectivity index (χ0n) is 30.1. The van der Waals surface area contributed by atoms with E-state index < -0.39 is 35.6 Å². The molecular weight excluding hydrogens is 691 g/mol. The van der Waals surface area contributed by atoms with Crippen molar-refractivity contribution in [2.45, 2.75) is 37.5 Å². The van der Waals surface area contributed by atoms with Crippen molar-refractivity contribution in [3.8, 4) is 0 Å². The Labute approximate surface area is 308 Å². The highest BCUT2D eigenvalue weighted by atomic mass is 19.4. The number of nitrogens with two attached hydrogens (primary N) is 5. The first kappa shape index (κ1) is 43.2. The van der Waals surface area contributed by atoms with E-state index in [-0.39, 0.29) is 25.2 Å². The van der Waals surface area contributed by atoms with Crippen LogP contribution < -0.4 is 39.3 Å². The summed E-state index contributed by atoms with van der Waals surface area (Å²) in [6, 6.07) is 11.0. The summed E-state index contributed by atoms with van der Waals surface area (Å²) >= 11 is 0. The molecule has 0 aliphatic carbocycles. The lowest BCUT2D eigenvalue weighted by molar-refractivity contribution is -0.137. The molecule has 0 aliphatic rings. The standard InChI is InChI=1S/C36H54F3N11O3/c37-36(38,39)28-7-5-26(6-8-28)23-32(35(53)46-29-24-27-3-1-2-4-31(27)45-25-29)47-34(52)30(44)9-10-33(51)50(21-19-48(15-11-40)16-12-41)22-20-49(17-13-42)18-14-43/h1-8,24-25,30,32H,9-23,40-44H2,(H,46,53)(H,47,52). The van der Waals surface area contributed by atoms with E-state index >= 15 is 0 Å². The van der Waals surface area contributed by atoms with Gasteiger partial charge in [0, 0.05) is 96.8 Å². The second-order valence-corrected chi connectivity index (χ2v) is 12.7. The van der Waals surface area contributed by atoms with Gasteiger partial charge in [0.25, 0.3) is 0 Å². The van der Waals surface area contributed by atoms with Crippen molar-refractivity contribution in [1.82, 2.24) is 25.0 Å². The van der Waals surface area contributed by atoms with Gasteiger partial charge >= 0.3 is 6.18 Å². The second-order valence-electron chi connectivity index (χ2n) is 12.7. The number of hydrogen-bond donors (Lipinski definition) is 7. The van der Waals surface area contributed by atoms with Gasteiger partial charge in [-0.25, -0.2) is 0 Å². The number of alkyl halides is 3. The fourth-order valence-corrected chi connectivity index (χ4v) is 5.78. The number of anilines is 1. The van der Waals surface area contributed by atoms with Gasteiger partial charge in [0.1, 0.15) is 6.04 Å². The number of aromatic nitrogens is 1. The van der Waals surface area contributed by atoms with Crippen LogP contribution in [0, 0.1) is 0 Å². The average molecular weight is 746 g/mol. The van der Waals surface area contributed by atoms with Gasteiger partial charge in [0.05, 0.1) is 29.0 Å². The maximum absolute atomic E-state index is 13.6. The molecule has 2 aromatic carbocycles. The van der Waals surface area contributed by atoms with Gasteiger partial charge in [-0.3, -0.25) is 29.2 Å². The Hall–Kier alpha value is -4.23. The van der Waals surface area contributed by atoms with E-state index in [2.05, 4.69) is 25.4 Å². The Morgan fingerprint density at radius 3 is 1.87 bits per heavy atom. The topological polar surface area (TPSA) is 228 Å². The van der Waals surface area contributed by atoms with Crippen molar-refractivity contribution in [3.05, 3.63) is 71.9 Å². The third-order valence-electron chi connectivity index (χ3n) is 8.72. The number of fused-ring (bicyclic) bond motifs is 1. The van der Waals surface area contributed by atoms with Crippen LogP contribution >= 0.6 is 0 Å². The van der Waals surface area contributed by atoms with Gasteiger partial charge in [-0.1, -0.05) is 30.3 Å². The minimum absolute atomic E-state index is 0.0188. The number of nitrogens with zero attached hydrogens (tertiary/aromatic N) is 4. The number of hydrogen-bond acceptors (Lipinski definition) is 11. The first-order valence-electron chi connectivity index (χ1n) is 17.8. The summed E-state index contributed by atoms with van der Waals surface area (Å²) in [4.78, 5) is 50.7. The molecule has 0 bridgehead atoms. The van der Waals surface area contributed by atoms with Crippen LogP contribution in [-0.2, 0) is 27.0 Å². The van der Waals surface area contributed by atoms with Crippen molar-refractivity contribution in [2.75, 3.05) is 83.9 Å². The molecular formula is C36H54F3N11O3. The van der Waals surface area contributed by atoms with Gasteiger partial charge in [0.15, 0.2) is 0 Å². The molecule has 0 spiro atoms. The van der Waals surface area contributed by atoms with Crippen LogP contribution in [0.1, 0.15) is 24.0 Å². The summed E-state index contributed by atoms with van der Waals surface area (Å²) in [7, 11) is 0. The molecule has 3 rings (SSSR count). The molecule has 1 aromatic heterocycles. The highest BCUT2D eigenvalue weighted by molar-refractivity contribution is 5.99. The van der Waals surface area contributed by atoms with E-state index in [9.17, 15) is 27.6 Å². The lowest BCUT2D eigenvalue weighted by Crippen LogP contribution is -2.51. The van der Waals surface area contributed by atoms with Crippen LogP contribution in [0.3, 0.4) is 0 Å². The third kappa shape index (κ3) is 14.6. The monoisotopic (exact) mass is 745 g/mol. The molecule has 2 unspecified atom stereocenters. The van der Waals surface area contributed by atoms with E-state index in [1.54, 1.807) is 11.0 Å². The summed E-state index contributed by atoms with van der Waals surface area (Å²) in [5, 5.41) is 6.17. The van der Waals surface area contributed by atoms with Crippen molar-refractivity contribution in [2.24, 2.45) is 28.7 Å². The van der Waals surface area contributed by atoms with E-state index in [1.165, 1.54) is 18.3 Å². The fraction of sp³-hybridized carbons (Fsp3) is 0.500. The molecule has 14 nitrogen and oxygen atoms in total. The van der Waals surface area contributed by atoms with Crippen molar-refractivity contribution >= 4 is 34.3 Å². The second kappa shape index (κ2) is 22.1. The lowest BCUT2D eigenvalue weighted by atomic mass is 10.0. The Morgan fingerprint density at radius 2 is 1.32 bits per heavy atom. The first-order valence-corrected chi connectivity index (χ1v) is 17.8. The molecule has 0 saturated heterocycles. The Balaban J connectivity index is 1.72. The summed E-state index contributed by atoms with van der Waals surface area (Å²) in [6.07, 6.45) is -3.25. The highest BCUT2D eigenvalue weighted by Gasteiger charge is 2.31. The maximum atomic E-state index is 13.6. The quantitative estimate of drug-likeness (QED) is 0.0698. The van der Waals surface area contributed by atoms with E-state index in [1.807, 2.05) is 24.3 Å². The molecule has 3 amide bonds. The van der Waals surface area contributed by atoms with Gasteiger partial charge in [0.2, 0.25) is 17.7 Å². The van der Waals surface area contributed by atoms with E-state index in [0.29, 0.717) is 95.3 Å². The molecule has 292 valence electrons. The number of carbonyl (C=O) groups is 3. The largest absolute Gasteiger partial charge is 0.416 e. The van der Waals surface area contributed by atoms with Crippen LogP contribution in [0.4, 0.5) is 18.9 Å². The third-order valence-corrected chi connectivity index (χ3v) is 8.72. The number of rotatable bonds is 23. The van der Waals surface area contributed by atoms with Crippen molar-refractivity contribution < 1.29 is 27.6 Å². The zero-order chi connectivity index (χ0) is 38.8. The van der Waals surface area contributed by atoms with Gasteiger partial charge in [-0.2, -0.15) is 13.2 Å². The van der Waals surface area contributed by atoms with Crippen LogP contribution in [0.15, 0.2) is 60.8 Å². The predicted molar refractivity (Wildman–Crippen MR) is 200 cm³/mol. The Bertz CT molecular complexity index is 1550. The summed E-state index contributed by atoms with van der Waals surface area (Å²) in [6.45, 7) is 6.14. The number of nitrogens with one attached hydrogen (secondary N) is 2. The van der Waals surface area contributed by atoms with Crippen molar-refractivity contribution in [1.29, 1.82) is 0 Å². The number of amides is 3. The fourth-order valence-electron chi connectivity index (χ4n) is 5.78. The minimum Gasteiger partial charge on any atom is -0.343 e. The smallest absolute Gasteiger partial charge is 0.343 e. The van der Waals surface area contributed by atoms with Gasteiger partial charge < -0.3 is 44.2 Å². The Morgan fingerprint density at radius 1 is 0.755 bits per heavy atom. The van der Waals surface area contributed by atoms with Gasteiger partial charge in [-0.15, -0.1) is 0 Å². The molecule has 0 fully saturated rings. The molecule has 2 atom stereocenters. The zero-order valence-corrected chi connectivity index (χ0v) is 30.1. The van der Waals surface area contributed by atoms with Crippen LogP contribution in [0.5, 0.6) is 0 Å².